The van der Waals surface area contributed by atoms with Gasteiger partial charge in [-0.25, -0.2) is 4.68 Å². The molecular weight excluding hydrogens is 301 g/mol. The second-order valence-corrected chi connectivity index (χ2v) is 4.74. The molecule has 0 aliphatic carbocycles. The average Bonchev–Trinajstić information content (AvgIpc) is 2.52. The Morgan fingerprint density at radius 3 is 2.67 bits per heavy atom. The minimum atomic E-state index is 0.698. The van der Waals surface area contributed by atoms with Crippen LogP contribution in [0, 0.1) is 17.4 Å². The molecule has 0 aliphatic heterocycles. The largest absolute Gasteiger partial charge is 0.383 e. The summed E-state index contributed by atoms with van der Waals surface area (Å²) in [6.07, 6.45) is 1.78. The van der Waals surface area contributed by atoms with Crippen LogP contribution in [0.1, 0.15) is 11.1 Å². The highest BCUT2D eigenvalue weighted by molar-refractivity contribution is 14.1. The quantitative estimate of drug-likeness (QED) is 0.823. The minimum absolute atomic E-state index is 0.698. The molecule has 0 aliphatic rings. The molecule has 3 nitrogen and oxygen atoms in total. The lowest BCUT2D eigenvalue weighted by atomic mass is 10.1. The molecule has 0 atom stereocenters. The van der Waals surface area contributed by atoms with E-state index in [1.54, 1.807) is 10.9 Å². The zero-order valence-electron chi connectivity index (χ0n) is 8.66. The number of aromatic nitrogens is 2. The highest BCUT2D eigenvalue weighted by Gasteiger charge is 2.08. The van der Waals surface area contributed by atoms with Crippen molar-refractivity contribution in [2.75, 3.05) is 5.73 Å². The molecule has 0 spiro atoms. The highest BCUT2D eigenvalue weighted by Crippen LogP contribution is 2.21. The van der Waals surface area contributed by atoms with Crippen LogP contribution in [0.2, 0.25) is 0 Å². The SMILES string of the molecule is Cc1ccc(C)c(-n2ncc(I)c2N)c1. The topological polar surface area (TPSA) is 43.8 Å². The summed E-state index contributed by atoms with van der Waals surface area (Å²) in [5.41, 5.74) is 9.38. The maximum absolute atomic E-state index is 5.95. The van der Waals surface area contributed by atoms with Crippen molar-refractivity contribution in [1.29, 1.82) is 0 Å². The molecule has 4 heteroatoms. The average molecular weight is 313 g/mol. The second kappa shape index (κ2) is 3.84. The maximum atomic E-state index is 5.95. The molecule has 1 heterocycles. The standard InChI is InChI=1S/C11H12IN3/c1-7-3-4-8(2)10(5-7)15-11(13)9(12)6-14-15/h3-6H,13H2,1-2H3. The number of aryl methyl sites for hydroxylation is 2. The monoisotopic (exact) mass is 313 g/mol. The van der Waals surface area contributed by atoms with Crippen LogP contribution in [0.15, 0.2) is 24.4 Å². The number of rotatable bonds is 1. The summed E-state index contributed by atoms with van der Waals surface area (Å²) in [6, 6.07) is 6.26. The van der Waals surface area contributed by atoms with E-state index in [1.807, 2.05) is 0 Å². The van der Waals surface area contributed by atoms with E-state index in [0.29, 0.717) is 5.82 Å². The van der Waals surface area contributed by atoms with Gasteiger partial charge >= 0.3 is 0 Å². The van der Waals surface area contributed by atoms with Gasteiger partial charge in [0.25, 0.3) is 0 Å². The van der Waals surface area contributed by atoms with Crippen molar-refractivity contribution in [3.8, 4) is 5.69 Å². The number of nitrogens with zero attached hydrogens (tertiary/aromatic N) is 2. The van der Waals surface area contributed by atoms with E-state index >= 15 is 0 Å². The van der Waals surface area contributed by atoms with Crippen molar-refractivity contribution in [2.24, 2.45) is 0 Å². The Kier molecular flexibility index (Phi) is 2.68. The fourth-order valence-electron chi connectivity index (χ4n) is 1.48. The van der Waals surface area contributed by atoms with Crippen molar-refractivity contribution in [3.63, 3.8) is 0 Å². The lowest BCUT2D eigenvalue weighted by molar-refractivity contribution is 0.881. The van der Waals surface area contributed by atoms with Gasteiger partial charge in [-0.3, -0.25) is 0 Å². The van der Waals surface area contributed by atoms with Gasteiger partial charge in [-0.05, 0) is 53.6 Å². The molecule has 1 aromatic heterocycles. The van der Waals surface area contributed by atoms with Crippen molar-refractivity contribution >= 4 is 28.4 Å². The van der Waals surface area contributed by atoms with Crippen molar-refractivity contribution in [2.45, 2.75) is 13.8 Å². The lowest BCUT2D eigenvalue weighted by Crippen LogP contribution is -2.04. The first kappa shape index (κ1) is 10.5. The van der Waals surface area contributed by atoms with E-state index in [0.717, 1.165) is 9.26 Å². The fourth-order valence-corrected chi connectivity index (χ4v) is 1.83. The van der Waals surface area contributed by atoms with Gasteiger partial charge in [0.2, 0.25) is 0 Å². The van der Waals surface area contributed by atoms with E-state index in [1.165, 1.54) is 11.1 Å². The molecule has 0 unspecified atom stereocenters. The fraction of sp³-hybridized carbons (Fsp3) is 0.182. The van der Waals surface area contributed by atoms with Gasteiger partial charge in [-0.15, -0.1) is 0 Å². The third kappa shape index (κ3) is 1.86. The normalized spacial score (nSPS) is 10.6. The molecule has 2 N–H and O–H groups in total. The van der Waals surface area contributed by atoms with Crippen molar-refractivity contribution in [1.82, 2.24) is 9.78 Å². The highest BCUT2D eigenvalue weighted by atomic mass is 127. The molecule has 78 valence electrons. The summed E-state index contributed by atoms with van der Waals surface area (Å²) in [5.74, 6) is 0.698. The number of nitrogen functional groups attached to an aromatic ring is 1. The van der Waals surface area contributed by atoms with Gasteiger partial charge < -0.3 is 5.73 Å². The number of benzene rings is 1. The molecule has 0 amide bonds. The maximum Gasteiger partial charge on any atom is 0.140 e. The number of hydrogen-bond acceptors (Lipinski definition) is 2. The summed E-state index contributed by atoms with van der Waals surface area (Å²) in [6.45, 7) is 4.12. The molecule has 2 aromatic rings. The first-order valence-electron chi connectivity index (χ1n) is 4.66. The Morgan fingerprint density at radius 2 is 2.07 bits per heavy atom. The second-order valence-electron chi connectivity index (χ2n) is 3.58. The third-order valence-electron chi connectivity index (χ3n) is 2.35. The van der Waals surface area contributed by atoms with Gasteiger partial charge in [0, 0.05) is 0 Å². The summed E-state index contributed by atoms with van der Waals surface area (Å²) in [5, 5.41) is 4.27. The van der Waals surface area contributed by atoms with Crippen LogP contribution in [0.5, 0.6) is 0 Å². The van der Waals surface area contributed by atoms with Crippen LogP contribution in [0.25, 0.3) is 5.69 Å². The van der Waals surface area contributed by atoms with E-state index < -0.39 is 0 Å². The van der Waals surface area contributed by atoms with Crippen molar-refractivity contribution < 1.29 is 0 Å². The molecular formula is C11H12IN3. The summed E-state index contributed by atoms with van der Waals surface area (Å²) in [7, 11) is 0. The first-order valence-corrected chi connectivity index (χ1v) is 5.74. The number of nitrogens with two attached hydrogens (primary N) is 1. The van der Waals surface area contributed by atoms with Gasteiger partial charge in [-0.2, -0.15) is 5.10 Å². The van der Waals surface area contributed by atoms with Crippen molar-refractivity contribution in [3.05, 3.63) is 39.1 Å². The smallest absolute Gasteiger partial charge is 0.140 e. The summed E-state index contributed by atoms with van der Waals surface area (Å²) >= 11 is 2.18. The van der Waals surface area contributed by atoms with E-state index in [4.69, 9.17) is 5.73 Å². The predicted octanol–water partition coefficient (Wildman–Crippen LogP) is 2.68. The Hall–Kier alpha value is -1.04. The molecule has 0 bridgehead atoms. The first-order chi connectivity index (χ1) is 7.09. The summed E-state index contributed by atoms with van der Waals surface area (Å²) in [4.78, 5) is 0. The zero-order valence-corrected chi connectivity index (χ0v) is 10.8. The molecule has 0 fully saturated rings. The molecule has 0 saturated heterocycles. The van der Waals surface area contributed by atoms with Crippen LogP contribution < -0.4 is 5.73 Å². The van der Waals surface area contributed by atoms with Crippen LogP contribution in [0.4, 0.5) is 5.82 Å². The Bertz CT molecular complexity index is 503. The van der Waals surface area contributed by atoms with Gasteiger partial charge in [0.1, 0.15) is 5.82 Å². The summed E-state index contributed by atoms with van der Waals surface area (Å²) < 4.78 is 2.76. The Balaban J connectivity index is 2.63. The number of anilines is 1. The van der Waals surface area contributed by atoms with Crippen LogP contribution in [-0.2, 0) is 0 Å². The van der Waals surface area contributed by atoms with E-state index in [9.17, 15) is 0 Å². The minimum Gasteiger partial charge on any atom is -0.383 e. The van der Waals surface area contributed by atoms with Crippen LogP contribution in [-0.4, -0.2) is 9.78 Å². The molecule has 0 saturated carbocycles. The third-order valence-corrected chi connectivity index (χ3v) is 3.18. The predicted molar refractivity (Wildman–Crippen MR) is 70.2 cm³/mol. The number of hydrogen-bond donors (Lipinski definition) is 1. The molecule has 0 radical (unpaired) electrons. The Morgan fingerprint density at radius 1 is 1.33 bits per heavy atom. The molecule has 1 aromatic carbocycles. The van der Waals surface area contributed by atoms with E-state index in [2.05, 4.69) is 59.7 Å². The van der Waals surface area contributed by atoms with Crippen LogP contribution >= 0.6 is 22.6 Å². The lowest BCUT2D eigenvalue weighted by Gasteiger charge is -2.08. The van der Waals surface area contributed by atoms with Crippen LogP contribution in [0.3, 0.4) is 0 Å². The Labute approximate surface area is 102 Å². The molecule has 15 heavy (non-hydrogen) atoms. The van der Waals surface area contributed by atoms with Gasteiger partial charge in [-0.1, -0.05) is 12.1 Å². The number of halogens is 1. The van der Waals surface area contributed by atoms with Gasteiger partial charge in [0.15, 0.2) is 0 Å². The zero-order chi connectivity index (χ0) is 11.0. The van der Waals surface area contributed by atoms with Gasteiger partial charge in [0.05, 0.1) is 15.5 Å². The van der Waals surface area contributed by atoms with E-state index in [-0.39, 0.29) is 0 Å². The molecule has 2 rings (SSSR count).